The number of hydrogen-bond donors (Lipinski definition) is 2. The second-order valence-electron chi connectivity index (χ2n) is 6.72. The second kappa shape index (κ2) is 8.58. The Balaban J connectivity index is 1.56. The summed E-state index contributed by atoms with van der Waals surface area (Å²) < 4.78 is 34.1. The SMILES string of the molecule is COc1cccc(COc2cccc3cnc(Nc4ccc(S(N)(=O)=O)cc4)nc23)c1. The predicted molar refractivity (Wildman–Crippen MR) is 118 cm³/mol. The molecule has 1 aromatic heterocycles. The van der Waals surface area contributed by atoms with Crippen LogP contribution in [0.2, 0.25) is 0 Å². The average molecular weight is 436 g/mol. The van der Waals surface area contributed by atoms with Gasteiger partial charge in [-0.2, -0.15) is 0 Å². The summed E-state index contributed by atoms with van der Waals surface area (Å²) in [6.07, 6.45) is 1.70. The van der Waals surface area contributed by atoms with Crippen LogP contribution in [0, 0.1) is 0 Å². The van der Waals surface area contributed by atoms with Crippen molar-refractivity contribution in [2.45, 2.75) is 11.5 Å². The van der Waals surface area contributed by atoms with Crippen LogP contribution in [-0.2, 0) is 16.6 Å². The Morgan fingerprint density at radius 1 is 1.03 bits per heavy atom. The van der Waals surface area contributed by atoms with E-state index in [1.807, 2.05) is 42.5 Å². The van der Waals surface area contributed by atoms with Crippen LogP contribution < -0.4 is 19.9 Å². The number of methoxy groups -OCH3 is 1. The first kappa shape index (κ1) is 20.6. The number of nitrogens with zero attached hydrogens (tertiary/aromatic N) is 2. The Labute approximate surface area is 179 Å². The van der Waals surface area contributed by atoms with Crippen LogP contribution in [0.1, 0.15) is 5.56 Å². The predicted octanol–water partition coefficient (Wildman–Crippen LogP) is 3.61. The average Bonchev–Trinajstić information content (AvgIpc) is 2.77. The van der Waals surface area contributed by atoms with Crippen molar-refractivity contribution < 1.29 is 17.9 Å². The van der Waals surface area contributed by atoms with Crippen LogP contribution in [-0.4, -0.2) is 25.5 Å². The molecule has 0 aliphatic carbocycles. The molecule has 1 heterocycles. The zero-order valence-corrected chi connectivity index (χ0v) is 17.5. The minimum Gasteiger partial charge on any atom is -0.497 e. The third-order valence-electron chi connectivity index (χ3n) is 4.54. The van der Waals surface area contributed by atoms with Crippen LogP contribution >= 0.6 is 0 Å². The topological polar surface area (TPSA) is 116 Å². The molecule has 3 N–H and O–H groups in total. The lowest BCUT2D eigenvalue weighted by atomic mass is 10.2. The van der Waals surface area contributed by atoms with Crippen molar-refractivity contribution in [1.82, 2.24) is 9.97 Å². The summed E-state index contributed by atoms with van der Waals surface area (Å²) in [6.45, 7) is 0.359. The number of rotatable bonds is 7. The van der Waals surface area contributed by atoms with Gasteiger partial charge in [-0.1, -0.05) is 24.3 Å². The molecule has 0 aliphatic heterocycles. The number of primary sulfonamides is 1. The maximum Gasteiger partial charge on any atom is 0.238 e. The Hall–Kier alpha value is -3.69. The molecule has 3 aromatic carbocycles. The number of para-hydroxylation sites is 1. The first-order valence-electron chi connectivity index (χ1n) is 9.34. The number of aromatic nitrogens is 2. The third-order valence-corrected chi connectivity index (χ3v) is 5.47. The summed E-state index contributed by atoms with van der Waals surface area (Å²) in [6, 6.07) is 19.3. The van der Waals surface area contributed by atoms with Gasteiger partial charge in [0.15, 0.2) is 0 Å². The normalized spacial score (nSPS) is 11.3. The minimum absolute atomic E-state index is 0.0331. The van der Waals surface area contributed by atoms with Gasteiger partial charge in [-0.3, -0.25) is 0 Å². The molecule has 0 aliphatic rings. The van der Waals surface area contributed by atoms with Gasteiger partial charge in [-0.05, 0) is 48.0 Å². The first-order chi connectivity index (χ1) is 14.9. The number of nitrogens with one attached hydrogen (secondary N) is 1. The van der Waals surface area contributed by atoms with Gasteiger partial charge < -0.3 is 14.8 Å². The van der Waals surface area contributed by atoms with Crippen molar-refractivity contribution in [3.63, 3.8) is 0 Å². The van der Waals surface area contributed by atoms with Crippen molar-refractivity contribution in [3.8, 4) is 11.5 Å². The molecule has 31 heavy (non-hydrogen) atoms. The van der Waals surface area contributed by atoms with E-state index in [2.05, 4.69) is 15.3 Å². The molecule has 4 rings (SSSR count). The Morgan fingerprint density at radius 2 is 1.81 bits per heavy atom. The third kappa shape index (κ3) is 4.90. The van der Waals surface area contributed by atoms with Gasteiger partial charge in [-0.25, -0.2) is 23.5 Å². The van der Waals surface area contributed by atoms with E-state index < -0.39 is 10.0 Å². The lowest BCUT2D eigenvalue weighted by Crippen LogP contribution is -2.11. The fourth-order valence-electron chi connectivity index (χ4n) is 2.99. The van der Waals surface area contributed by atoms with Crippen LogP contribution in [0.5, 0.6) is 11.5 Å². The van der Waals surface area contributed by atoms with E-state index in [0.29, 0.717) is 29.5 Å². The molecular weight excluding hydrogens is 416 g/mol. The lowest BCUT2D eigenvalue weighted by Gasteiger charge is -2.11. The molecule has 0 unspecified atom stereocenters. The fourth-order valence-corrected chi connectivity index (χ4v) is 3.50. The number of benzene rings is 3. The highest BCUT2D eigenvalue weighted by Crippen LogP contribution is 2.26. The zero-order valence-electron chi connectivity index (χ0n) is 16.6. The quantitative estimate of drug-likeness (QED) is 0.454. The van der Waals surface area contributed by atoms with Gasteiger partial charge in [0.05, 0.1) is 12.0 Å². The smallest absolute Gasteiger partial charge is 0.238 e. The summed E-state index contributed by atoms with van der Waals surface area (Å²) in [5, 5.41) is 9.02. The number of ether oxygens (including phenoxy) is 2. The summed E-state index contributed by atoms with van der Waals surface area (Å²) in [4.78, 5) is 8.92. The highest BCUT2D eigenvalue weighted by atomic mass is 32.2. The summed E-state index contributed by atoms with van der Waals surface area (Å²) in [5.41, 5.74) is 2.25. The molecule has 4 aromatic rings. The Kier molecular flexibility index (Phi) is 5.70. The molecule has 0 saturated heterocycles. The van der Waals surface area contributed by atoms with Gasteiger partial charge in [0, 0.05) is 17.3 Å². The van der Waals surface area contributed by atoms with E-state index in [0.717, 1.165) is 16.7 Å². The van der Waals surface area contributed by atoms with Crippen molar-refractivity contribution in [2.24, 2.45) is 5.14 Å². The Morgan fingerprint density at radius 3 is 2.55 bits per heavy atom. The van der Waals surface area contributed by atoms with Crippen molar-refractivity contribution in [2.75, 3.05) is 12.4 Å². The number of fused-ring (bicyclic) bond motifs is 1. The summed E-state index contributed by atoms with van der Waals surface area (Å²) in [7, 11) is -2.12. The van der Waals surface area contributed by atoms with E-state index in [1.165, 1.54) is 12.1 Å². The number of anilines is 2. The monoisotopic (exact) mass is 436 g/mol. The van der Waals surface area contributed by atoms with Gasteiger partial charge in [0.1, 0.15) is 23.6 Å². The molecule has 0 saturated carbocycles. The molecule has 0 bridgehead atoms. The van der Waals surface area contributed by atoms with E-state index in [9.17, 15) is 8.42 Å². The van der Waals surface area contributed by atoms with Crippen LogP contribution in [0.3, 0.4) is 0 Å². The number of nitrogens with two attached hydrogens (primary N) is 1. The number of sulfonamides is 1. The first-order valence-corrected chi connectivity index (χ1v) is 10.9. The Bertz CT molecular complexity index is 1330. The molecule has 9 heteroatoms. The molecule has 158 valence electrons. The van der Waals surface area contributed by atoms with Gasteiger partial charge in [-0.15, -0.1) is 0 Å². The maximum absolute atomic E-state index is 11.4. The molecule has 0 fully saturated rings. The molecular formula is C22H20N4O4S. The molecule has 0 atom stereocenters. The van der Waals surface area contributed by atoms with Crippen LogP contribution in [0.15, 0.2) is 77.8 Å². The molecule has 0 amide bonds. The highest BCUT2D eigenvalue weighted by Gasteiger charge is 2.09. The van der Waals surface area contributed by atoms with E-state index in [4.69, 9.17) is 14.6 Å². The lowest BCUT2D eigenvalue weighted by molar-refractivity contribution is 0.308. The van der Waals surface area contributed by atoms with Crippen molar-refractivity contribution in [3.05, 3.63) is 78.5 Å². The van der Waals surface area contributed by atoms with Gasteiger partial charge in [0.2, 0.25) is 16.0 Å². The van der Waals surface area contributed by atoms with Crippen molar-refractivity contribution >= 4 is 32.6 Å². The second-order valence-corrected chi connectivity index (χ2v) is 8.28. The van der Waals surface area contributed by atoms with Gasteiger partial charge in [0.25, 0.3) is 0 Å². The molecule has 0 radical (unpaired) electrons. The minimum atomic E-state index is -3.74. The zero-order chi connectivity index (χ0) is 21.8. The highest BCUT2D eigenvalue weighted by molar-refractivity contribution is 7.89. The van der Waals surface area contributed by atoms with Crippen LogP contribution in [0.25, 0.3) is 10.9 Å². The van der Waals surface area contributed by atoms with Crippen LogP contribution in [0.4, 0.5) is 11.6 Å². The van der Waals surface area contributed by atoms with Gasteiger partial charge >= 0.3 is 0 Å². The number of hydrogen-bond acceptors (Lipinski definition) is 7. The van der Waals surface area contributed by atoms with E-state index in [1.54, 1.807) is 25.4 Å². The van der Waals surface area contributed by atoms with E-state index in [-0.39, 0.29) is 4.90 Å². The summed E-state index contributed by atoms with van der Waals surface area (Å²) >= 11 is 0. The fraction of sp³-hybridized carbons (Fsp3) is 0.0909. The van der Waals surface area contributed by atoms with Crippen molar-refractivity contribution in [1.29, 1.82) is 0 Å². The standard InChI is InChI=1S/C22H20N4O4S/c1-29-18-6-2-4-15(12-18)14-30-20-7-3-5-16-13-24-22(26-21(16)20)25-17-8-10-19(11-9-17)31(23,27)28/h2-13H,14H2,1H3,(H2,23,27,28)(H,24,25,26). The largest absolute Gasteiger partial charge is 0.497 e. The maximum atomic E-state index is 11.4. The van der Waals surface area contributed by atoms with E-state index >= 15 is 0 Å². The summed E-state index contributed by atoms with van der Waals surface area (Å²) in [5.74, 6) is 1.74. The molecule has 0 spiro atoms. The molecule has 8 nitrogen and oxygen atoms in total.